The van der Waals surface area contributed by atoms with Crippen LogP contribution in [0.1, 0.15) is 187 Å². The Labute approximate surface area is 305 Å². The molecule has 1 aliphatic heterocycles. The van der Waals surface area contributed by atoms with Crippen LogP contribution in [0.25, 0.3) is 0 Å². The Hall–Kier alpha value is -0.850. The zero-order valence-corrected chi connectivity index (χ0v) is 32.0. The van der Waals surface area contributed by atoms with Gasteiger partial charge in [-0.3, -0.25) is 4.79 Å². The average Bonchev–Trinajstić information content (AvgIpc) is 3.11. The second kappa shape index (κ2) is 31.7. The summed E-state index contributed by atoms with van der Waals surface area (Å²) in [5.74, 6) is -0.259. The molecule has 1 aliphatic rings. The Morgan fingerprint density at radius 2 is 1.04 bits per heavy atom. The number of aliphatic hydroxyl groups is 6. The predicted molar refractivity (Wildman–Crippen MR) is 200 cm³/mol. The molecule has 0 aromatic rings. The van der Waals surface area contributed by atoms with Crippen LogP contribution in [0.3, 0.4) is 0 Å². The first-order valence-corrected chi connectivity index (χ1v) is 20.8. The van der Waals surface area contributed by atoms with Gasteiger partial charge in [0.15, 0.2) is 6.29 Å². The van der Waals surface area contributed by atoms with E-state index in [4.69, 9.17) is 9.47 Å². The summed E-state index contributed by atoms with van der Waals surface area (Å²) >= 11 is 0. The van der Waals surface area contributed by atoms with Gasteiger partial charge < -0.3 is 45.4 Å². The Balaban J connectivity index is 2.44. The van der Waals surface area contributed by atoms with Crippen LogP contribution in [-0.2, 0) is 14.3 Å². The normalized spacial score (nSPS) is 22.8. The van der Waals surface area contributed by atoms with Crippen molar-refractivity contribution < 1.29 is 44.9 Å². The van der Waals surface area contributed by atoms with E-state index in [0.29, 0.717) is 6.42 Å². The van der Waals surface area contributed by atoms with Gasteiger partial charge in [-0.05, 0) is 12.8 Å². The summed E-state index contributed by atoms with van der Waals surface area (Å²) in [6.45, 7) is 3.58. The second-order valence-electron chi connectivity index (χ2n) is 14.9. The Morgan fingerprint density at radius 3 is 1.48 bits per heavy atom. The van der Waals surface area contributed by atoms with E-state index in [0.717, 1.165) is 44.9 Å². The first-order chi connectivity index (χ1) is 24.3. The third kappa shape index (κ3) is 22.3. The average molecular weight is 718 g/mol. The van der Waals surface area contributed by atoms with Gasteiger partial charge in [0.2, 0.25) is 5.91 Å². The van der Waals surface area contributed by atoms with E-state index in [9.17, 15) is 35.4 Å². The number of nitrogens with one attached hydrogen (secondary N) is 1. The van der Waals surface area contributed by atoms with Crippen LogP contribution < -0.4 is 5.32 Å². The second-order valence-corrected chi connectivity index (χ2v) is 14.9. The number of rotatable bonds is 34. The molecule has 0 bridgehead atoms. The number of unbranched alkanes of at least 4 members (excludes halogenated alkanes) is 23. The standard InChI is InChI=1S/C40H79NO9/c1-3-5-7-9-11-13-15-16-17-18-19-20-22-24-26-28-33(43)36(45)32(31-49-40-39(48)38(47)37(46)34(30-42)50-40)41-35(44)29-27-25-23-21-14-12-10-8-6-4-2/h32-34,36-40,42-43,45-48H,3-31H2,1-2H3,(H,41,44)/t32-,33+,34+,36-,37+,38?,39?,40+/m0/s1. The van der Waals surface area contributed by atoms with Gasteiger partial charge in [0.25, 0.3) is 0 Å². The van der Waals surface area contributed by atoms with Gasteiger partial charge in [-0.25, -0.2) is 0 Å². The highest BCUT2D eigenvalue weighted by molar-refractivity contribution is 5.76. The summed E-state index contributed by atoms with van der Waals surface area (Å²) in [5.41, 5.74) is 0. The van der Waals surface area contributed by atoms with Crippen molar-refractivity contribution in [2.75, 3.05) is 13.2 Å². The molecular weight excluding hydrogens is 638 g/mol. The molecule has 50 heavy (non-hydrogen) atoms. The van der Waals surface area contributed by atoms with Crippen LogP contribution >= 0.6 is 0 Å². The fraction of sp³-hybridized carbons (Fsp3) is 0.975. The summed E-state index contributed by atoms with van der Waals surface area (Å²) in [4.78, 5) is 12.9. The lowest BCUT2D eigenvalue weighted by atomic mass is 9.98. The summed E-state index contributed by atoms with van der Waals surface area (Å²) in [6.07, 6.45) is 21.1. The van der Waals surface area contributed by atoms with E-state index in [1.807, 2.05) is 0 Å². The minimum atomic E-state index is -1.60. The fourth-order valence-corrected chi connectivity index (χ4v) is 6.84. The highest BCUT2D eigenvalue weighted by Gasteiger charge is 2.44. The van der Waals surface area contributed by atoms with E-state index >= 15 is 0 Å². The first-order valence-electron chi connectivity index (χ1n) is 20.8. The first kappa shape index (κ1) is 47.2. The van der Waals surface area contributed by atoms with Crippen LogP contribution in [0.4, 0.5) is 0 Å². The van der Waals surface area contributed by atoms with Crippen LogP contribution in [0.2, 0.25) is 0 Å². The third-order valence-electron chi connectivity index (χ3n) is 10.3. The number of aliphatic hydroxyl groups excluding tert-OH is 6. The molecular formula is C40H79NO9. The molecule has 2 unspecified atom stereocenters. The van der Waals surface area contributed by atoms with E-state index < -0.39 is 55.6 Å². The van der Waals surface area contributed by atoms with Gasteiger partial charge in [-0.1, -0.05) is 168 Å². The van der Waals surface area contributed by atoms with E-state index in [2.05, 4.69) is 19.2 Å². The molecule has 7 N–H and O–H groups in total. The van der Waals surface area contributed by atoms with Crippen LogP contribution in [-0.4, -0.2) is 98.7 Å². The minimum Gasteiger partial charge on any atom is -0.394 e. The zero-order valence-electron chi connectivity index (χ0n) is 32.0. The Kier molecular flexibility index (Phi) is 29.9. The van der Waals surface area contributed by atoms with Crippen molar-refractivity contribution in [3.8, 4) is 0 Å². The topological polar surface area (TPSA) is 169 Å². The number of amides is 1. The summed E-state index contributed by atoms with van der Waals surface area (Å²) < 4.78 is 11.1. The molecule has 1 saturated heterocycles. The van der Waals surface area contributed by atoms with Crippen LogP contribution in [0.5, 0.6) is 0 Å². The largest absolute Gasteiger partial charge is 0.394 e. The lowest BCUT2D eigenvalue weighted by Crippen LogP contribution is -2.60. The molecule has 1 rings (SSSR count). The van der Waals surface area contributed by atoms with Crippen molar-refractivity contribution >= 4 is 5.91 Å². The van der Waals surface area contributed by atoms with Crippen molar-refractivity contribution in [3.63, 3.8) is 0 Å². The van der Waals surface area contributed by atoms with Gasteiger partial charge in [0.05, 0.1) is 25.4 Å². The SMILES string of the molecule is CCCCCCCCCCCCCCCCC[C@@H](O)[C@@H](O)[C@H](CO[C@@H]1O[C@H](CO)[C@@H](O)C(O)C1O)NC(=O)CCCCCCCCCCCC. The predicted octanol–water partition coefficient (Wildman–Crippen LogP) is 6.58. The lowest BCUT2D eigenvalue weighted by Gasteiger charge is -2.40. The van der Waals surface area contributed by atoms with Gasteiger partial charge in [-0.15, -0.1) is 0 Å². The third-order valence-corrected chi connectivity index (χ3v) is 10.3. The van der Waals surface area contributed by atoms with Gasteiger partial charge >= 0.3 is 0 Å². The monoisotopic (exact) mass is 718 g/mol. The number of carbonyl (C=O) groups excluding carboxylic acids is 1. The van der Waals surface area contributed by atoms with Crippen LogP contribution in [0, 0.1) is 0 Å². The molecule has 10 nitrogen and oxygen atoms in total. The molecule has 298 valence electrons. The zero-order chi connectivity index (χ0) is 36.8. The molecule has 1 heterocycles. The molecule has 0 saturated carbocycles. The molecule has 0 radical (unpaired) electrons. The smallest absolute Gasteiger partial charge is 0.220 e. The van der Waals surface area contributed by atoms with E-state index in [-0.39, 0.29) is 18.9 Å². The maximum Gasteiger partial charge on any atom is 0.220 e. The van der Waals surface area contributed by atoms with Crippen molar-refractivity contribution in [1.29, 1.82) is 0 Å². The Bertz CT molecular complexity index is 773. The molecule has 0 aromatic carbocycles. The molecule has 0 spiro atoms. The quantitative estimate of drug-likeness (QED) is 0.0364. The number of hydrogen-bond acceptors (Lipinski definition) is 9. The Morgan fingerprint density at radius 1 is 0.620 bits per heavy atom. The highest BCUT2D eigenvalue weighted by Crippen LogP contribution is 2.23. The maximum atomic E-state index is 12.9. The van der Waals surface area contributed by atoms with E-state index in [1.165, 1.54) is 116 Å². The molecule has 0 aliphatic carbocycles. The summed E-state index contributed by atoms with van der Waals surface area (Å²) in [7, 11) is 0. The molecule has 1 amide bonds. The fourth-order valence-electron chi connectivity index (χ4n) is 6.84. The lowest BCUT2D eigenvalue weighted by molar-refractivity contribution is -0.303. The van der Waals surface area contributed by atoms with Gasteiger partial charge in [0.1, 0.15) is 30.5 Å². The van der Waals surface area contributed by atoms with Crippen molar-refractivity contribution in [1.82, 2.24) is 5.32 Å². The molecule has 1 fully saturated rings. The van der Waals surface area contributed by atoms with Gasteiger partial charge in [-0.2, -0.15) is 0 Å². The number of ether oxygens (including phenoxy) is 2. The van der Waals surface area contributed by atoms with Crippen molar-refractivity contribution in [3.05, 3.63) is 0 Å². The minimum absolute atomic E-state index is 0.259. The van der Waals surface area contributed by atoms with Crippen LogP contribution in [0.15, 0.2) is 0 Å². The molecule has 0 aromatic heterocycles. The molecule has 8 atom stereocenters. The molecule has 10 heteroatoms. The maximum absolute atomic E-state index is 12.9. The van der Waals surface area contributed by atoms with E-state index in [1.54, 1.807) is 0 Å². The summed E-state index contributed by atoms with van der Waals surface area (Å²) in [5, 5.41) is 64.9. The summed E-state index contributed by atoms with van der Waals surface area (Å²) in [6, 6.07) is -0.982. The van der Waals surface area contributed by atoms with Crippen molar-refractivity contribution in [2.24, 2.45) is 0 Å². The van der Waals surface area contributed by atoms with Crippen molar-refractivity contribution in [2.45, 2.75) is 236 Å². The van der Waals surface area contributed by atoms with Gasteiger partial charge in [0, 0.05) is 6.42 Å². The highest BCUT2D eigenvalue weighted by atomic mass is 16.7. The number of hydrogen-bond donors (Lipinski definition) is 7. The number of carbonyl (C=O) groups is 1.